The quantitative estimate of drug-likeness (QED) is 0.820. The maximum Gasteiger partial charge on any atom is 0.231 e. The number of aromatic amines is 1. The Kier molecular flexibility index (Phi) is 2.87. The van der Waals surface area contributed by atoms with E-state index in [0.717, 1.165) is 28.9 Å². The van der Waals surface area contributed by atoms with Crippen LogP contribution in [0.25, 0.3) is 11.0 Å². The van der Waals surface area contributed by atoms with Crippen LogP contribution in [0, 0.1) is 0 Å². The van der Waals surface area contributed by atoms with Crippen LogP contribution in [-0.4, -0.2) is 21.6 Å². The number of fused-ring (bicyclic) bond motifs is 1. The van der Waals surface area contributed by atoms with Crippen molar-refractivity contribution in [3.8, 4) is 0 Å². The molecule has 2 heterocycles. The lowest BCUT2D eigenvalue weighted by Gasteiger charge is -2.02. The summed E-state index contributed by atoms with van der Waals surface area (Å²) >= 11 is 0. The average molecular weight is 253 g/mol. The van der Waals surface area contributed by atoms with E-state index in [9.17, 15) is 0 Å². The van der Waals surface area contributed by atoms with Gasteiger partial charge in [0.2, 0.25) is 11.9 Å². The van der Waals surface area contributed by atoms with Gasteiger partial charge >= 0.3 is 0 Å². The number of nitrogens with zero attached hydrogens (tertiary/aromatic N) is 3. The fourth-order valence-corrected chi connectivity index (χ4v) is 1.93. The topological polar surface area (TPSA) is 65.4 Å². The van der Waals surface area contributed by atoms with E-state index < -0.39 is 0 Å². The van der Waals surface area contributed by atoms with Crippen LogP contribution < -0.4 is 5.32 Å². The second-order valence-corrected chi connectivity index (χ2v) is 4.58. The lowest BCUT2D eigenvalue weighted by atomic mass is 10.3. The minimum absolute atomic E-state index is 0.565. The van der Waals surface area contributed by atoms with Gasteiger partial charge in [0.05, 0.1) is 11.0 Å². The maximum absolute atomic E-state index is 4.44. The zero-order valence-electron chi connectivity index (χ0n) is 10.9. The van der Waals surface area contributed by atoms with Crippen molar-refractivity contribution in [2.75, 3.05) is 0 Å². The molecule has 1 aromatic carbocycles. The molecule has 0 bridgehead atoms. The maximum atomic E-state index is 4.44. The molecule has 1 aliphatic heterocycles. The molecule has 0 atom stereocenters. The van der Waals surface area contributed by atoms with Gasteiger partial charge in [0.25, 0.3) is 0 Å². The molecule has 0 aliphatic carbocycles. The molecule has 0 fully saturated rings. The monoisotopic (exact) mass is 253 g/mol. The summed E-state index contributed by atoms with van der Waals surface area (Å²) in [5.74, 6) is 1.14. The van der Waals surface area contributed by atoms with E-state index in [1.165, 1.54) is 0 Å². The highest BCUT2D eigenvalue weighted by atomic mass is 15.2. The van der Waals surface area contributed by atoms with Gasteiger partial charge in [0.15, 0.2) is 0 Å². The van der Waals surface area contributed by atoms with Gasteiger partial charge in [-0.1, -0.05) is 18.2 Å². The number of aromatic nitrogens is 2. The fraction of sp³-hybridized carbons (Fsp3) is 0.214. The summed E-state index contributed by atoms with van der Waals surface area (Å²) in [6.45, 7) is 3.99. The predicted octanol–water partition coefficient (Wildman–Crippen LogP) is 2.91. The number of hydrogen-bond acceptors (Lipinski definition) is 2. The molecule has 3 rings (SSSR count). The smallest absolute Gasteiger partial charge is 0.231 e. The molecule has 1 aromatic heterocycles. The number of guanidine groups is 1. The number of benzene rings is 1. The molecule has 96 valence electrons. The number of para-hydroxylation sites is 2. The van der Waals surface area contributed by atoms with E-state index in [2.05, 4.69) is 31.3 Å². The van der Waals surface area contributed by atoms with Crippen molar-refractivity contribution < 1.29 is 0 Å². The summed E-state index contributed by atoms with van der Waals surface area (Å²) < 4.78 is 0. The summed E-state index contributed by atoms with van der Waals surface area (Å²) in [5.41, 5.74) is 3.96. The van der Waals surface area contributed by atoms with Crippen LogP contribution in [-0.2, 0) is 0 Å². The van der Waals surface area contributed by atoms with E-state index in [1.807, 2.05) is 38.1 Å². The minimum atomic E-state index is 0.565. The fourth-order valence-electron chi connectivity index (χ4n) is 1.93. The number of hydrogen-bond donors (Lipinski definition) is 2. The average Bonchev–Trinajstić information content (AvgIpc) is 2.70. The molecule has 5 heteroatoms. The van der Waals surface area contributed by atoms with E-state index in [0.29, 0.717) is 11.9 Å². The summed E-state index contributed by atoms with van der Waals surface area (Å²) in [6, 6.07) is 7.86. The SMILES string of the molecule is CC1=CCC(C)=NC(=Nc2nc3ccccc3[nH]2)N1. The highest BCUT2D eigenvalue weighted by Gasteiger charge is 2.06. The Balaban J connectivity index is 2.00. The van der Waals surface area contributed by atoms with Gasteiger partial charge in [0.1, 0.15) is 0 Å². The number of rotatable bonds is 1. The summed E-state index contributed by atoms with van der Waals surface area (Å²) in [4.78, 5) is 16.4. The molecule has 0 spiro atoms. The van der Waals surface area contributed by atoms with Crippen molar-refractivity contribution >= 4 is 28.7 Å². The van der Waals surface area contributed by atoms with E-state index in [-0.39, 0.29) is 0 Å². The van der Waals surface area contributed by atoms with Crippen molar-refractivity contribution in [3.63, 3.8) is 0 Å². The Morgan fingerprint density at radius 2 is 2.05 bits per heavy atom. The Morgan fingerprint density at radius 1 is 1.21 bits per heavy atom. The molecule has 0 amide bonds. The van der Waals surface area contributed by atoms with Crippen molar-refractivity contribution in [1.82, 2.24) is 15.3 Å². The van der Waals surface area contributed by atoms with Crippen molar-refractivity contribution in [2.45, 2.75) is 20.3 Å². The molecule has 0 unspecified atom stereocenters. The molecule has 0 saturated carbocycles. The van der Waals surface area contributed by atoms with Crippen LogP contribution in [0.1, 0.15) is 20.3 Å². The van der Waals surface area contributed by atoms with Gasteiger partial charge in [-0.05, 0) is 26.0 Å². The standard InChI is InChI=1S/C14H15N5/c1-9-7-8-10(2)16-13(15-9)19-14-17-11-5-3-4-6-12(11)18-14/h3-7H,8H2,1-2H3,(H2,15,17,18,19). The van der Waals surface area contributed by atoms with Gasteiger partial charge in [0, 0.05) is 17.8 Å². The van der Waals surface area contributed by atoms with Gasteiger partial charge in [-0.3, -0.25) is 0 Å². The van der Waals surface area contributed by atoms with E-state index in [1.54, 1.807) is 0 Å². The third kappa shape index (κ3) is 2.54. The van der Waals surface area contributed by atoms with Gasteiger partial charge in [-0.25, -0.2) is 9.98 Å². The van der Waals surface area contributed by atoms with Gasteiger partial charge < -0.3 is 10.3 Å². The third-order valence-electron chi connectivity index (χ3n) is 2.90. The lowest BCUT2D eigenvalue weighted by molar-refractivity contribution is 1.08. The van der Waals surface area contributed by atoms with E-state index in [4.69, 9.17) is 0 Å². The number of allylic oxidation sites excluding steroid dienone is 2. The highest BCUT2D eigenvalue weighted by molar-refractivity contribution is 5.99. The number of nitrogens with one attached hydrogen (secondary N) is 2. The van der Waals surface area contributed by atoms with Crippen LogP contribution in [0.2, 0.25) is 0 Å². The molecule has 2 N–H and O–H groups in total. The molecular weight excluding hydrogens is 238 g/mol. The number of H-pyrrole nitrogens is 1. The Morgan fingerprint density at radius 3 is 2.89 bits per heavy atom. The molecular formula is C14H15N5. The Labute approximate surface area is 111 Å². The van der Waals surface area contributed by atoms with Crippen LogP contribution in [0.4, 0.5) is 5.95 Å². The third-order valence-corrected chi connectivity index (χ3v) is 2.90. The second-order valence-electron chi connectivity index (χ2n) is 4.58. The highest BCUT2D eigenvalue weighted by Crippen LogP contribution is 2.16. The van der Waals surface area contributed by atoms with Crippen molar-refractivity contribution in [1.29, 1.82) is 0 Å². The number of imidazole rings is 1. The first-order valence-corrected chi connectivity index (χ1v) is 6.22. The molecule has 19 heavy (non-hydrogen) atoms. The minimum Gasteiger partial charge on any atom is -0.328 e. The number of aliphatic imine (C=N–C) groups is 2. The predicted molar refractivity (Wildman–Crippen MR) is 77.8 cm³/mol. The van der Waals surface area contributed by atoms with Gasteiger partial charge in [-0.15, -0.1) is 0 Å². The van der Waals surface area contributed by atoms with Crippen LogP contribution in [0.5, 0.6) is 0 Å². The lowest BCUT2D eigenvalue weighted by Crippen LogP contribution is -2.18. The van der Waals surface area contributed by atoms with Crippen LogP contribution >= 0.6 is 0 Å². The first kappa shape index (κ1) is 11.6. The summed E-state index contributed by atoms with van der Waals surface area (Å²) in [6.07, 6.45) is 2.94. The Hall–Kier alpha value is -2.43. The zero-order valence-corrected chi connectivity index (χ0v) is 10.9. The summed E-state index contributed by atoms with van der Waals surface area (Å²) in [7, 11) is 0. The van der Waals surface area contributed by atoms with Crippen LogP contribution in [0.3, 0.4) is 0 Å². The largest absolute Gasteiger partial charge is 0.328 e. The van der Waals surface area contributed by atoms with Crippen molar-refractivity contribution in [3.05, 3.63) is 36.0 Å². The normalized spacial score (nSPS) is 17.9. The first-order chi connectivity index (χ1) is 9.20. The molecule has 2 aromatic rings. The zero-order chi connectivity index (χ0) is 13.2. The molecule has 1 aliphatic rings. The first-order valence-electron chi connectivity index (χ1n) is 6.22. The summed E-state index contributed by atoms with van der Waals surface area (Å²) in [5, 5.41) is 3.17. The second kappa shape index (κ2) is 4.68. The van der Waals surface area contributed by atoms with Crippen LogP contribution in [0.15, 0.2) is 46.0 Å². The Bertz CT molecular complexity index is 672. The van der Waals surface area contributed by atoms with Gasteiger partial charge in [-0.2, -0.15) is 4.99 Å². The molecule has 0 radical (unpaired) electrons. The van der Waals surface area contributed by atoms with Crippen molar-refractivity contribution in [2.24, 2.45) is 9.98 Å². The molecule has 0 saturated heterocycles. The molecule has 5 nitrogen and oxygen atoms in total. The van der Waals surface area contributed by atoms with E-state index >= 15 is 0 Å².